The number of nitrogens with one attached hydrogen (secondary N) is 2. The zero-order valence-corrected chi connectivity index (χ0v) is 12.0. The molecule has 2 unspecified atom stereocenters. The van der Waals surface area contributed by atoms with E-state index in [1.165, 1.54) is 5.56 Å². The summed E-state index contributed by atoms with van der Waals surface area (Å²) in [7, 11) is 1.67. The Hall–Kier alpha value is -1.75. The van der Waals surface area contributed by atoms with Crippen molar-refractivity contribution in [2.75, 3.05) is 13.7 Å². The van der Waals surface area contributed by atoms with E-state index in [1.807, 2.05) is 18.2 Å². The second-order valence-corrected chi connectivity index (χ2v) is 5.16. The summed E-state index contributed by atoms with van der Waals surface area (Å²) >= 11 is 0. The van der Waals surface area contributed by atoms with E-state index in [-0.39, 0.29) is 12.1 Å². The molecule has 2 atom stereocenters. The summed E-state index contributed by atoms with van der Waals surface area (Å²) in [5, 5.41) is 14.9. The smallest absolute Gasteiger partial charge is 0.315 e. The number of rotatable bonds is 5. The van der Waals surface area contributed by atoms with Crippen LogP contribution in [0.2, 0.25) is 0 Å². The van der Waals surface area contributed by atoms with Crippen LogP contribution in [-0.2, 0) is 6.42 Å². The Morgan fingerprint density at radius 1 is 1.55 bits per heavy atom. The molecule has 5 nitrogen and oxygen atoms in total. The first-order valence-electron chi connectivity index (χ1n) is 7.00. The molecule has 0 aromatic heterocycles. The van der Waals surface area contributed by atoms with Crippen molar-refractivity contribution in [3.8, 4) is 5.75 Å². The van der Waals surface area contributed by atoms with E-state index in [0.29, 0.717) is 13.0 Å². The molecule has 20 heavy (non-hydrogen) atoms. The standard InChI is InChI=1S/C15H22N2O3/c1-10(18)8-9-16-15(19)17-13-7-6-12-11(13)4-3-5-14(12)20-2/h3-5,10,13,18H,6-9H2,1-2H3,(H2,16,17,19). The number of hydrogen-bond donors (Lipinski definition) is 3. The number of hydrogen-bond acceptors (Lipinski definition) is 3. The number of methoxy groups -OCH3 is 1. The van der Waals surface area contributed by atoms with Gasteiger partial charge in [-0.15, -0.1) is 0 Å². The van der Waals surface area contributed by atoms with Gasteiger partial charge in [-0.3, -0.25) is 0 Å². The van der Waals surface area contributed by atoms with E-state index in [0.717, 1.165) is 24.2 Å². The number of urea groups is 1. The maximum absolute atomic E-state index is 11.8. The van der Waals surface area contributed by atoms with Crippen LogP contribution in [0.25, 0.3) is 0 Å². The summed E-state index contributed by atoms with van der Waals surface area (Å²) in [6.45, 7) is 2.18. The van der Waals surface area contributed by atoms with Crippen molar-refractivity contribution in [1.82, 2.24) is 10.6 Å². The van der Waals surface area contributed by atoms with Crippen LogP contribution in [0.3, 0.4) is 0 Å². The van der Waals surface area contributed by atoms with E-state index < -0.39 is 6.10 Å². The van der Waals surface area contributed by atoms with Gasteiger partial charge in [0.1, 0.15) is 5.75 Å². The third-order valence-corrected chi connectivity index (χ3v) is 3.60. The molecule has 5 heteroatoms. The summed E-state index contributed by atoms with van der Waals surface area (Å²) in [4.78, 5) is 11.8. The number of ether oxygens (including phenoxy) is 1. The predicted octanol–water partition coefficient (Wildman–Crippen LogP) is 1.75. The summed E-state index contributed by atoms with van der Waals surface area (Å²) in [6, 6.07) is 5.77. The van der Waals surface area contributed by atoms with Gasteiger partial charge in [-0.2, -0.15) is 0 Å². The van der Waals surface area contributed by atoms with Gasteiger partial charge >= 0.3 is 6.03 Å². The van der Waals surface area contributed by atoms with Crippen LogP contribution in [0.5, 0.6) is 5.75 Å². The Bertz CT molecular complexity index is 474. The van der Waals surface area contributed by atoms with Crippen LogP contribution in [0.15, 0.2) is 18.2 Å². The predicted molar refractivity (Wildman–Crippen MR) is 76.9 cm³/mol. The molecule has 1 aliphatic rings. The number of carbonyl (C=O) groups is 1. The monoisotopic (exact) mass is 278 g/mol. The molecule has 0 bridgehead atoms. The fraction of sp³-hybridized carbons (Fsp3) is 0.533. The Labute approximate surface area is 119 Å². The van der Waals surface area contributed by atoms with Crippen molar-refractivity contribution in [3.63, 3.8) is 0 Å². The van der Waals surface area contributed by atoms with E-state index in [1.54, 1.807) is 14.0 Å². The topological polar surface area (TPSA) is 70.6 Å². The minimum atomic E-state index is -0.397. The number of amides is 2. The molecular formula is C15H22N2O3. The minimum absolute atomic E-state index is 0.0339. The number of fused-ring (bicyclic) bond motifs is 1. The van der Waals surface area contributed by atoms with Gasteiger partial charge in [-0.25, -0.2) is 4.79 Å². The maximum Gasteiger partial charge on any atom is 0.315 e. The van der Waals surface area contributed by atoms with Crippen LogP contribution >= 0.6 is 0 Å². The molecule has 0 aliphatic heterocycles. The molecule has 110 valence electrons. The lowest BCUT2D eigenvalue weighted by Crippen LogP contribution is -2.38. The van der Waals surface area contributed by atoms with Gasteiger partial charge in [0, 0.05) is 6.54 Å². The third kappa shape index (κ3) is 3.42. The molecular weight excluding hydrogens is 256 g/mol. The molecule has 2 amide bonds. The minimum Gasteiger partial charge on any atom is -0.496 e. The Balaban J connectivity index is 1.92. The molecule has 0 saturated heterocycles. The quantitative estimate of drug-likeness (QED) is 0.768. The number of aliphatic hydroxyl groups is 1. The highest BCUT2D eigenvalue weighted by atomic mass is 16.5. The van der Waals surface area contributed by atoms with Gasteiger partial charge in [0.15, 0.2) is 0 Å². The van der Waals surface area contributed by atoms with Crippen molar-refractivity contribution in [2.24, 2.45) is 0 Å². The van der Waals surface area contributed by atoms with Crippen molar-refractivity contribution < 1.29 is 14.6 Å². The zero-order chi connectivity index (χ0) is 14.5. The lowest BCUT2D eigenvalue weighted by molar-refractivity contribution is 0.183. The molecule has 1 aromatic carbocycles. The number of aliphatic hydroxyl groups excluding tert-OH is 1. The van der Waals surface area contributed by atoms with Gasteiger partial charge in [-0.1, -0.05) is 12.1 Å². The van der Waals surface area contributed by atoms with E-state index in [4.69, 9.17) is 9.84 Å². The zero-order valence-electron chi connectivity index (χ0n) is 12.0. The molecule has 0 radical (unpaired) electrons. The fourth-order valence-corrected chi connectivity index (χ4v) is 2.57. The van der Waals surface area contributed by atoms with Crippen LogP contribution in [0, 0.1) is 0 Å². The average Bonchev–Trinajstić information content (AvgIpc) is 2.81. The Morgan fingerprint density at radius 2 is 2.35 bits per heavy atom. The number of benzene rings is 1. The van der Waals surface area contributed by atoms with Gasteiger partial charge in [0.05, 0.1) is 19.3 Å². The van der Waals surface area contributed by atoms with Crippen LogP contribution in [0.4, 0.5) is 4.79 Å². The normalized spacial score (nSPS) is 18.2. The highest BCUT2D eigenvalue weighted by Gasteiger charge is 2.26. The van der Waals surface area contributed by atoms with Gasteiger partial charge in [0.2, 0.25) is 0 Å². The van der Waals surface area contributed by atoms with E-state index in [9.17, 15) is 4.79 Å². The molecule has 1 aliphatic carbocycles. The van der Waals surface area contributed by atoms with E-state index >= 15 is 0 Å². The van der Waals surface area contributed by atoms with Gasteiger partial charge in [0.25, 0.3) is 0 Å². The second-order valence-electron chi connectivity index (χ2n) is 5.16. The third-order valence-electron chi connectivity index (χ3n) is 3.60. The Kier molecular flexibility index (Phi) is 4.84. The summed E-state index contributed by atoms with van der Waals surface area (Å²) in [5.74, 6) is 0.890. The summed E-state index contributed by atoms with van der Waals surface area (Å²) in [6.07, 6.45) is 1.96. The highest BCUT2D eigenvalue weighted by molar-refractivity contribution is 5.74. The van der Waals surface area contributed by atoms with Crippen LogP contribution in [0.1, 0.15) is 36.9 Å². The molecule has 3 N–H and O–H groups in total. The van der Waals surface area contributed by atoms with Crippen LogP contribution in [-0.4, -0.2) is 30.9 Å². The molecule has 0 spiro atoms. The Morgan fingerprint density at radius 3 is 3.05 bits per heavy atom. The van der Waals surface area contributed by atoms with Crippen molar-refractivity contribution in [3.05, 3.63) is 29.3 Å². The summed E-state index contributed by atoms with van der Waals surface area (Å²) in [5.41, 5.74) is 2.32. The van der Waals surface area contributed by atoms with E-state index in [2.05, 4.69) is 10.6 Å². The lowest BCUT2D eigenvalue weighted by Gasteiger charge is -2.15. The molecule has 0 heterocycles. The largest absolute Gasteiger partial charge is 0.496 e. The van der Waals surface area contributed by atoms with Gasteiger partial charge < -0.3 is 20.5 Å². The first-order chi connectivity index (χ1) is 9.61. The van der Waals surface area contributed by atoms with Crippen molar-refractivity contribution >= 4 is 6.03 Å². The first-order valence-corrected chi connectivity index (χ1v) is 7.00. The molecule has 2 rings (SSSR count). The van der Waals surface area contributed by atoms with Gasteiger partial charge in [-0.05, 0) is 43.4 Å². The van der Waals surface area contributed by atoms with Crippen molar-refractivity contribution in [1.29, 1.82) is 0 Å². The maximum atomic E-state index is 11.8. The number of carbonyl (C=O) groups excluding carboxylic acids is 1. The highest BCUT2D eigenvalue weighted by Crippen LogP contribution is 2.36. The lowest BCUT2D eigenvalue weighted by atomic mass is 10.1. The summed E-state index contributed by atoms with van der Waals surface area (Å²) < 4.78 is 5.35. The van der Waals surface area contributed by atoms with Crippen LogP contribution < -0.4 is 15.4 Å². The molecule has 0 saturated carbocycles. The van der Waals surface area contributed by atoms with Crippen molar-refractivity contribution in [2.45, 2.75) is 38.3 Å². The molecule has 0 fully saturated rings. The molecule has 1 aromatic rings. The fourth-order valence-electron chi connectivity index (χ4n) is 2.57. The average molecular weight is 278 g/mol. The second kappa shape index (κ2) is 6.61. The SMILES string of the molecule is COc1cccc2c1CCC2NC(=O)NCCC(C)O. The first kappa shape index (κ1) is 14.7.